The van der Waals surface area contributed by atoms with Crippen LogP contribution in [0.5, 0.6) is 0 Å². The Morgan fingerprint density at radius 3 is 2.67 bits per heavy atom. The molecule has 1 unspecified atom stereocenters. The van der Waals surface area contributed by atoms with Crippen molar-refractivity contribution < 1.29 is 18.3 Å². The molecule has 1 saturated heterocycles. The highest BCUT2D eigenvalue weighted by Gasteiger charge is 2.35. The molecular formula is C12H14Cl2N2O4S. The Bertz CT molecular complexity index is 651. The number of hydrogen-bond donors (Lipinski definition) is 1. The smallest absolute Gasteiger partial charge is 0.257 e. The second kappa shape index (κ2) is 6.48. The minimum Gasteiger partial charge on any atom is -0.395 e. The minimum atomic E-state index is -3.14. The van der Waals surface area contributed by atoms with Crippen LogP contribution in [-0.4, -0.2) is 60.0 Å². The molecule has 2 rings (SSSR count). The highest BCUT2D eigenvalue weighted by atomic mass is 35.5. The van der Waals surface area contributed by atoms with Gasteiger partial charge in [-0.05, 0) is 18.6 Å². The van der Waals surface area contributed by atoms with Gasteiger partial charge < -0.3 is 10.0 Å². The number of aliphatic hydroxyl groups excluding tert-OH is 1. The van der Waals surface area contributed by atoms with Gasteiger partial charge in [0.25, 0.3) is 5.91 Å². The molecule has 9 heteroatoms. The van der Waals surface area contributed by atoms with Crippen LogP contribution in [0.2, 0.25) is 10.3 Å². The van der Waals surface area contributed by atoms with Crippen molar-refractivity contribution in [1.82, 2.24) is 9.88 Å². The fourth-order valence-corrected chi connectivity index (χ4v) is 4.46. The number of carbonyl (C=O) groups excluding carboxylic acids is 1. The van der Waals surface area contributed by atoms with Crippen molar-refractivity contribution in [2.75, 3.05) is 24.7 Å². The summed E-state index contributed by atoms with van der Waals surface area (Å²) in [4.78, 5) is 17.6. The molecule has 0 bridgehead atoms. The normalized spacial score (nSPS) is 20.4. The third kappa shape index (κ3) is 3.85. The molecule has 21 heavy (non-hydrogen) atoms. The molecule has 6 nitrogen and oxygen atoms in total. The Kier molecular flexibility index (Phi) is 5.08. The number of hydrogen-bond acceptors (Lipinski definition) is 5. The first-order chi connectivity index (χ1) is 9.84. The van der Waals surface area contributed by atoms with Gasteiger partial charge in [-0.25, -0.2) is 13.4 Å². The number of sulfone groups is 1. The number of halogens is 2. The maximum atomic E-state index is 12.5. The van der Waals surface area contributed by atoms with Crippen molar-refractivity contribution in [2.24, 2.45) is 0 Å². The number of carbonyl (C=O) groups is 1. The van der Waals surface area contributed by atoms with Gasteiger partial charge in [-0.2, -0.15) is 0 Å². The molecular weight excluding hydrogens is 339 g/mol. The molecule has 1 aliphatic heterocycles. The maximum absolute atomic E-state index is 12.5. The van der Waals surface area contributed by atoms with Crippen LogP contribution in [-0.2, 0) is 9.84 Å². The molecule has 1 aliphatic rings. The molecule has 0 aliphatic carbocycles. The van der Waals surface area contributed by atoms with Crippen LogP contribution in [0.25, 0.3) is 0 Å². The van der Waals surface area contributed by atoms with Gasteiger partial charge in [0.15, 0.2) is 9.84 Å². The number of amides is 1. The van der Waals surface area contributed by atoms with Gasteiger partial charge in [0.2, 0.25) is 0 Å². The Hall–Kier alpha value is -0.890. The Balaban J connectivity index is 2.27. The third-order valence-electron chi connectivity index (χ3n) is 3.30. The molecule has 1 N–H and O–H groups in total. The van der Waals surface area contributed by atoms with E-state index in [1.807, 2.05) is 0 Å². The van der Waals surface area contributed by atoms with E-state index in [4.69, 9.17) is 28.3 Å². The summed E-state index contributed by atoms with van der Waals surface area (Å²) >= 11 is 11.6. The molecule has 1 atom stereocenters. The monoisotopic (exact) mass is 352 g/mol. The summed E-state index contributed by atoms with van der Waals surface area (Å²) in [6.45, 7) is -0.223. The second-order valence-electron chi connectivity index (χ2n) is 4.75. The van der Waals surface area contributed by atoms with Gasteiger partial charge in [0.1, 0.15) is 10.3 Å². The zero-order valence-electron chi connectivity index (χ0n) is 11.0. The van der Waals surface area contributed by atoms with Crippen molar-refractivity contribution in [3.05, 3.63) is 28.0 Å². The Morgan fingerprint density at radius 2 is 2.14 bits per heavy atom. The average Bonchev–Trinajstić information content (AvgIpc) is 2.75. The van der Waals surface area contributed by atoms with Gasteiger partial charge in [-0.3, -0.25) is 4.79 Å². The summed E-state index contributed by atoms with van der Waals surface area (Å²) in [6, 6.07) is 2.41. The van der Waals surface area contributed by atoms with E-state index in [1.54, 1.807) is 0 Å². The van der Waals surface area contributed by atoms with Crippen molar-refractivity contribution in [3.8, 4) is 0 Å². The largest absolute Gasteiger partial charge is 0.395 e. The van der Waals surface area contributed by atoms with E-state index >= 15 is 0 Å². The second-order valence-corrected chi connectivity index (χ2v) is 7.73. The summed E-state index contributed by atoms with van der Waals surface area (Å²) in [6.07, 6.45) is 0.354. The van der Waals surface area contributed by atoms with Gasteiger partial charge in [0, 0.05) is 12.6 Å². The first-order valence-corrected chi connectivity index (χ1v) is 8.86. The lowest BCUT2D eigenvalue weighted by atomic mass is 10.1. The van der Waals surface area contributed by atoms with Crippen LogP contribution in [0.4, 0.5) is 0 Å². The van der Waals surface area contributed by atoms with Crippen LogP contribution in [0.1, 0.15) is 16.8 Å². The summed E-state index contributed by atoms with van der Waals surface area (Å²) in [7, 11) is -3.14. The van der Waals surface area contributed by atoms with Gasteiger partial charge in [-0.15, -0.1) is 0 Å². The van der Waals surface area contributed by atoms with E-state index in [2.05, 4.69) is 4.98 Å². The van der Waals surface area contributed by atoms with Gasteiger partial charge >= 0.3 is 0 Å². The lowest BCUT2D eigenvalue weighted by Crippen LogP contribution is -2.43. The highest BCUT2D eigenvalue weighted by molar-refractivity contribution is 7.91. The van der Waals surface area contributed by atoms with Crippen molar-refractivity contribution in [3.63, 3.8) is 0 Å². The average molecular weight is 353 g/mol. The number of nitrogens with zero attached hydrogens (tertiary/aromatic N) is 2. The lowest BCUT2D eigenvalue weighted by molar-refractivity contribution is 0.0655. The molecule has 1 amide bonds. The number of pyridine rings is 1. The quantitative estimate of drug-likeness (QED) is 0.817. The van der Waals surface area contributed by atoms with E-state index in [1.165, 1.54) is 17.0 Å². The predicted octanol–water partition coefficient (Wildman–Crippen LogP) is 1.01. The van der Waals surface area contributed by atoms with Crippen LogP contribution in [0.15, 0.2) is 12.1 Å². The SMILES string of the molecule is O=C(c1ccc(Cl)nc1Cl)N(CCO)C1CCS(=O)(=O)C1. The highest BCUT2D eigenvalue weighted by Crippen LogP contribution is 2.23. The van der Waals surface area contributed by atoms with E-state index in [0.717, 1.165) is 0 Å². The van der Waals surface area contributed by atoms with Crippen molar-refractivity contribution in [1.29, 1.82) is 0 Å². The van der Waals surface area contributed by atoms with Crippen LogP contribution in [0, 0.1) is 0 Å². The van der Waals surface area contributed by atoms with E-state index in [9.17, 15) is 13.2 Å². The Morgan fingerprint density at radius 1 is 1.43 bits per heavy atom. The number of rotatable bonds is 4. The predicted molar refractivity (Wildman–Crippen MR) is 79.4 cm³/mol. The fraction of sp³-hybridized carbons (Fsp3) is 0.500. The molecule has 116 valence electrons. The molecule has 0 aromatic carbocycles. The third-order valence-corrected chi connectivity index (χ3v) is 5.55. The lowest BCUT2D eigenvalue weighted by Gasteiger charge is -2.27. The molecule has 0 saturated carbocycles. The summed E-state index contributed by atoms with van der Waals surface area (Å²) in [5.74, 6) is -0.517. The molecule has 1 aromatic heterocycles. The van der Waals surface area contributed by atoms with Crippen molar-refractivity contribution >= 4 is 38.9 Å². The zero-order valence-corrected chi connectivity index (χ0v) is 13.3. The number of aliphatic hydroxyl groups is 1. The standard InChI is InChI=1S/C12H14Cl2N2O4S/c13-10-2-1-9(11(14)15-10)12(18)16(4-5-17)8-3-6-21(19,20)7-8/h1-2,8,17H,3-7H2. The van der Waals surface area contributed by atoms with E-state index in [-0.39, 0.29) is 40.5 Å². The fourth-order valence-electron chi connectivity index (χ4n) is 2.31. The maximum Gasteiger partial charge on any atom is 0.257 e. The van der Waals surface area contributed by atoms with Crippen LogP contribution >= 0.6 is 23.2 Å². The first-order valence-electron chi connectivity index (χ1n) is 6.28. The van der Waals surface area contributed by atoms with Crippen LogP contribution < -0.4 is 0 Å². The minimum absolute atomic E-state index is 0.0397. The topological polar surface area (TPSA) is 87.6 Å². The molecule has 0 radical (unpaired) electrons. The van der Waals surface area contributed by atoms with Crippen LogP contribution in [0.3, 0.4) is 0 Å². The molecule has 0 spiro atoms. The number of aromatic nitrogens is 1. The molecule has 1 fully saturated rings. The van der Waals surface area contributed by atoms with E-state index < -0.39 is 21.8 Å². The van der Waals surface area contributed by atoms with Gasteiger partial charge in [0.05, 0.1) is 23.7 Å². The summed E-state index contributed by atoms with van der Waals surface area (Å²) in [5, 5.41) is 9.24. The molecule has 2 heterocycles. The zero-order chi connectivity index (χ0) is 15.6. The summed E-state index contributed by atoms with van der Waals surface area (Å²) < 4.78 is 23.1. The van der Waals surface area contributed by atoms with Crippen molar-refractivity contribution in [2.45, 2.75) is 12.5 Å². The first kappa shape index (κ1) is 16.5. The van der Waals surface area contributed by atoms with E-state index in [0.29, 0.717) is 6.42 Å². The molecule has 1 aromatic rings. The summed E-state index contributed by atoms with van der Waals surface area (Å²) in [5.41, 5.74) is 0.138. The van der Waals surface area contributed by atoms with Gasteiger partial charge in [-0.1, -0.05) is 23.2 Å². The Labute approximate surface area is 132 Å².